The van der Waals surface area contributed by atoms with Gasteiger partial charge in [-0.1, -0.05) is 0 Å². The summed E-state index contributed by atoms with van der Waals surface area (Å²) in [6.45, 7) is 0.465. The van der Waals surface area contributed by atoms with Crippen molar-refractivity contribution in [3.05, 3.63) is 47.9 Å². The molecule has 7 heteroatoms. The number of carbonyl (C=O) groups excluding carboxylic acids is 1. The van der Waals surface area contributed by atoms with Crippen molar-refractivity contribution < 1.29 is 14.7 Å². The Morgan fingerprint density at radius 2 is 2.13 bits per heavy atom. The molecule has 0 atom stereocenters. The van der Waals surface area contributed by atoms with Crippen LogP contribution in [0.25, 0.3) is 16.9 Å². The molecule has 0 aliphatic carbocycles. The molecule has 114 valence electrons. The Balaban J connectivity index is 1.83. The third kappa shape index (κ3) is 2.05. The largest absolute Gasteiger partial charge is 0.465 e. The lowest BCUT2D eigenvalue weighted by molar-refractivity contribution is 0.111. The molecule has 0 saturated carbocycles. The summed E-state index contributed by atoms with van der Waals surface area (Å²) in [6, 6.07) is 8.94. The maximum atomic E-state index is 11.2. The molecule has 1 aliphatic heterocycles. The van der Waals surface area contributed by atoms with Crippen molar-refractivity contribution in [2.24, 2.45) is 0 Å². The third-order valence-electron chi connectivity index (χ3n) is 4.00. The highest BCUT2D eigenvalue weighted by Crippen LogP contribution is 2.30. The average molecular weight is 308 g/mol. The van der Waals surface area contributed by atoms with Crippen LogP contribution in [-0.4, -0.2) is 38.6 Å². The minimum Gasteiger partial charge on any atom is -0.465 e. The van der Waals surface area contributed by atoms with Gasteiger partial charge in [0.2, 0.25) is 0 Å². The summed E-state index contributed by atoms with van der Waals surface area (Å²) in [6.07, 6.45) is 2.08. The normalized spacial score (nSPS) is 13.3. The molecule has 0 bridgehead atoms. The Morgan fingerprint density at radius 1 is 1.26 bits per heavy atom. The number of aromatic nitrogens is 3. The molecule has 1 aliphatic rings. The molecule has 2 aromatic heterocycles. The lowest BCUT2D eigenvalue weighted by atomic mass is 10.1. The van der Waals surface area contributed by atoms with E-state index in [1.165, 1.54) is 4.90 Å². The number of carbonyl (C=O) groups is 2. The zero-order valence-electron chi connectivity index (χ0n) is 12.0. The predicted molar refractivity (Wildman–Crippen MR) is 83.3 cm³/mol. The fraction of sp³-hybridized carbons (Fsp3) is 0.125. The van der Waals surface area contributed by atoms with Crippen molar-refractivity contribution in [2.45, 2.75) is 6.42 Å². The van der Waals surface area contributed by atoms with Crippen molar-refractivity contribution in [3.63, 3.8) is 0 Å². The van der Waals surface area contributed by atoms with Gasteiger partial charge in [-0.25, -0.2) is 14.8 Å². The van der Waals surface area contributed by atoms with E-state index in [4.69, 9.17) is 0 Å². The van der Waals surface area contributed by atoms with Crippen LogP contribution in [0.1, 0.15) is 16.1 Å². The molecule has 1 amide bonds. The number of rotatable bonds is 2. The van der Waals surface area contributed by atoms with Crippen molar-refractivity contribution in [1.29, 1.82) is 0 Å². The van der Waals surface area contributed by atoms with Gasteiger partial charge in [-0.05, 0) is 42.3 Å². The van der Waals surface area contributed by atoms with Crippen LogP contribution < -0.4 is 4.90 Å². The molecule has 0 spiro atoms. The van der Waals surface area contributed by atoms with Gasteiger partial charge in [-0.2, -0.15) is 0 Å². The number of fused-ring (bicyclic) bond motifs is 2. The molecule has 0 saturated heterocycles. The van der Waals surface area contributed by atoms with E-state index >= 15 is 0 Å². The third-order valence-corrected chi connectivity index (χ3v) is 4.00. The van der Waals surface area contributed by atoms with E-state index in [9.17, 15) is 14.7 Å². The minimum atomic E-state index is -0.943. The van der Waals surface area contributed by atoms with Crippen LogP contribution in [0, 0.1) is 0 Å². The maximum Gasteiger partial charge on any atom is 0.411 e. The summed E-state index contributed by atoms with van der Waals surface area (Å²) in [7, 11) is 0. The molecule has 3 heterocycles. The molecule has 7 nitrogen and oxygen atoms in total. The second-order valence-corrected chi connectivity index (χ2v) is 5.31. The second-order valence-electron chi connectivity index (χ2n) is 5.31. The van der Waals surface area contributed by atoms with Gasteiger partial charge in [0, 0.05) is 12.2 Å². The smallest absolute Gasteiger partial charge is 0.411 e. The Kier molecular flexibility index (Phi) is 2.87. The second kappa shape index (κ2) is 4.91. The van der Waals surface area contributed by atoms with Gasteiger partial charge < -0.3 is 5.11 Å². The van der Waals surface area contributed by atoms with Crippen molar-refractivity contribution in [3.8, 4) is 5.69 Å². The van der Waals surface area contributed by atoms with E-state index in [2.05, 4.69) is 9.97 Å². The minimum absolute atomic E-state index is 0.345. The molecule has 0 fully saturated rings. The van der Waals surface area contributed by atoms with Crippen LogP contribution in [0.15, 0.2) is 36.7 Å². The Labute approximate surface area is 130 Å². The summed E-state index contributed by atoms with van der Waals surface area (Å²) in [5.74, 6) is 0. The molecule has 3 aromatic rings. The fourth-order valence-corrected chi connectivity index (χ4v) is 2.90. The first-order valence-corrected chi connectivity index (χ1v) is 7.10. The molecule has 4 rings (SSSR count). The molecule has 1 aromatic carbocycles. The number of nitrogens with zero attached hydrogens (tertiary/aromatic N) is 4. The number of anilines is 1. The van der Waals surface area contributed by atoms with Crippen LogP contribution in [-0.2, 0) is 6.42 Å². The van der Waals surface area contributed by atoms with E-state index in [1.807, 2.05) is 12.1 Å². The first kappa shape index (κ1) is 13.4. The number of pyridine rings is 1. The summed E-state index contributed by atoms with van der Waals surface area (Å²) in [4.78, 5) is 32.0. The van der Waals surface area contributed by atoms with Gasteiger partial charge in [-0.15, -0.1) is 0 Å². The van der Waals surface area contributed by atoms with Gasteiger partial charge in [0.1, 0.15) is 17.5 Å². The number of hydrogen-bond acceptors (Lipinski definition) is 4. The first-order chi connectivity index (χ1) is 11.2. The van der Waals surface area contributed by atoms with Crippen molar-refractivity contribution >= 4 is 29.2 Å². The van der Waals surface area contributed by atoms with Gasteiger partial charge in [0.05, 0.1) is 5.69 Å². The molecule has 0 radical (unpaired) electrons. The fourth-order valence-electron chi connectivity index (χ4n) is 2.90. The summed E-state index contributed by atoms with van der Waals surface area (Å²) < 4.78 is 1.80. The number of benzene rings is 1. The number of aldehydes is 1. The predicted octanol–water partition coefficient (Wildman–Crippen LogP) is 2.27. The monoisotopic (exact) mass is 308 g/mol. The maximum absolute atomic E-state index is 11.2. The van der Waals surface area contributed by atoms with Crippen LogP contribution in [0.3, 0.4) is 0 Å². The summed E-state index contributed by atoms with van der Waals surface area (Å²) in [5.41, 5.74) is 4.17. The van der Waals surface area contributed by atoms with Gasteiger partial charge in [0.15, 0.2) is 11.9 Å². The lowest BCUT2D eigenvalue weighted by Crippen LogP contribution is -2.26. The lowest BCUT2D eigenvalue weighted by Gasteiger charge is -2.13. The van der Waals surface area contributed by atoms with E-state index in [1.54, 1.807) is 29.1 Å². The Hall–Kier alpha value is -3.22. The number of imidazole rings is 1. The van der Waals surface area contributed by atoms with E-state index in [0.29, 0.717) is 41.8 Å². The van der Waals surface area contributed by atoms with Crippen molar-refractivity contribution in [1.82, 2.24) is 14.5 Å². The van der Waals surface area contributed by atoms with Crippen LogP contribution in [0.4, 0.5) is 10.5 Å². The topological polar surface area (TPSA) is 88.3 Å². The van der Waals surface area contributed by atoms with Gasteiger partial charge in [-0.3, -0.25) is 14.3 Å². The standard InChI is InChI=1S/C16H12N4O3/c21-8-11-1-3-13-15(18-11)20(9-17-13)12-2-4-14-10(7-12)5-6-19(14)16(22)23/h1-4,7-9H,5-6H2,(H,22,23). The van der Waals surface area contributed by atoms with E-state index in [0.717, 1.165) is 11.3 Å². The zero-order chi connectivity index (χ0) is 16.0. The SMILES string of the molecule is O=Cc1ccc2ncn(-c3ccc4c(c3)CCN4C(=O)O)c2n1. The highest BCUT2D eigenvalue weighted by atomic mass is 16.4. The highest BCUT2D eigenvalue weighted by Gasteiger charge is 2.24. The summed E-state index contributed by atoms with van der Waals surface area (Å²) >= 11 is 0. The Morgan fingerprint density at radius 3 is 2.91 bits per heavy atom. The van der Waals surface area contributed by atoms with E-state index in [-0.39, 0.29) is 0 Å². The number of hydrogen-bond donors (Lipinski definition) is 1. The quantitative estimate of drug-likeness (QED) is 0.734. The molecule has 1 N–H and O–H groups in total. The van der Waals surface area contributed by atoms with Gasteiger partial charge in [0.25, 0.3) is 0 Å². The summed E-state index contributed by atoms with van der Waals surface area (Å²) in [5, 5.41) is 9.18. The average Bonchev–Trinajstić information content (AvgIpc) is 3.17. The number of carboxylic acid groups (broad SMARTS) is 1. The van der Waals surface area contributed by atoms with Gasteiger partial charge >= 0.3 is 6.09 Å². The molecular weight excluding hydrogens is 296 g/mol. The zero-order valence-corrected chi connectivity index (χ0v) is 12.0. The number of amides is 1. The van der Waals surface area contributed by atoms with Crippen LogP contribution in [0.2, 0.25) is 0 Å². The van der Waals surface area contributed by atoms with Crippen LogP contribution >= 0.6 is 0 Å². The molecule has 23 heavy (non-hydrogen) atoms. The first-order valence-electron chi connectivity index (χ1n) is 7.10. The highest BCUT2D eigenvalue weighted by molar-refractivity contribution is 5.89. The van der Waals surface area contributed by atoms with Crippen molar-refractivity contribution in [2.75, 3.05) is 11.4 Å². The molecular formula is C16H12N4O3. The van der Waals surface area contributed by atoms with Crippen LogP contribution in [0.5, 0.6) is 0 Å². The van der Waals surface area contributed by atoms with E-state index < -0.39 is 6.09 Å². The molecule has 0 unspecified atom stereocenters. The Bertz CT molecular complexity index is 948.